The lowest BCUT2D eigenvalue weighted by molar-refractivity contribution is 0.113. The van der Waals surface area contributed by atoms with Gasteiger partial charge in [0, 0.05) is 23.0 Å². The van der Waals surface area contributed by atoms with Crippen molar-refractivity contribution < 1.29 is 40.9 Å². The minimum absolute atomic E-state index is 0.325. The number of rotatable bonds is 16. The van der Waals surface area contributed by atoms with E-state index in [2.05, 4.69) is 0 Å². The van der Waals surface area contributed by atoms with Gasteiger partial charge in [-0.15, -0.1) is 47.0 Å². The zero-order valence-electron chi connectivity index (χ0n) is 17.8. The van der Waals surface area contributed by atoms with Crippen LogP contribution in [0.25, 0.3) is 0 Å². The number of aliphatic hydroxyl groups excluding tert-OH is 8. The molecule has 0 aromatic rings. The third-order valence-electron chi connectivity index (χ3n) is 3.71. The highest BCUT2D eigenvalue weighted by atomic mass is 32.3. The first-order valence-electron chi connectivity index (χ1n) is 9.92. The lowest BCUT2D eigenvalue weighted by atomic mass is 10.4. The zero-order valence-corrected chi connectivity index (χ0v) is 24.3. The first kappa shape index (κ1) is 31.9. The fraction of sp³-hybridized carbons (Fsp3) is 0.667. The van der Waals surface area contributed by atoms with Crippen LogP contribution in [0.4, 0.5) is 0 Å². The van der Waals surface area contributed by atoms with E-state index in [4.69, 9.17) is 20.4 Å². The summed E-state index contributed by atoms with van der Waals surface area (Å²) >= 11 is 11.9. The molecule has 0 bridgehead atoms. The maximum absolute atomic E-state index is 9.76. The Morgan fingerprint density at radius 2 is 0.647 bits per heavy atom. The second-order valence-electron chi connectivity index (χ2n) is 6.72. The van der Waals surface area contributed by atoms with Crippen LogP contribution >= 0.6 is 94.1 Å². The van der Waals surface area contributed by atoms with Crippen LogP contribution in [0.5, 0.6) is 0 Å². The summed E-state index contributed by atoms with van der Waals surface area (Å²) in [7, 11) is 0. The summed E-state index contributed by atoms with van der Waals surface area (Å²) in [6, 6.07) is 0. The lowest BCUT2D eigenvalue weighted by Crippen LogP contribution is -2.15. The molecule has 0 fully saturated rings. The van der Waals surface area contributed by atoms with E-state index in [0.717, 1.165) is 25.4 Å². The van der Waals surface area contributed by atoms with Crippen molar-refractivity contribution in [1.82, 2.24) is 0 Å². The molecule has 2 heterocycles. The summed E-state index contributed by atoms with van der Waals surface area (Å²) < 4.78 is 5.87. The highest BCUT2D eigenvalue weighted by Gasteiger charge is 2.32. The van der Waals surface area contributed by atoms with Crippen molar-refractivity contribution in [3.63, 3.8) is 0 Å². The molecule has 196 valence electrons. The number of thioether (sulfide) groups is 8. The third-order valence-corrected chi connectivity index (χ3v) is 15.9. The Morgan fingerprint density at radius 3 is 0.824 bits per heavy atom. The molecule has 0 saturated heterocycles. The molecule has 0 aromatic carbocycles. The van der Waals surface area contributed by atoms with Gasteiger partial charge in [0.2, 0.25) is 0 Å². The van der Waals surface area contributed by atoms with Crippen LogP contribution in [0.2, 0.25) is 0 Å². The quantitative estimate of drug-likeness (QED) is 0.124. The summed E-state index contributed by atoms with van der Waals surface area (Å²) in [6.45, 7) is -1.30. The summed E-state index contributed by atoms with van der Waals surface area (Å²) in [5.74, 6) is 1.31. The summed E-state index contributed by atoms with van der Waals surface area (Å²) in [6.07, 6.45) is -3.36. The van der Waals surface area contributed by atoms with Crippen molar-refractivity contribution in [3.8, 4) is 0 Å². The van der Waals surface area contributed by atoms with Crippen molar-refractivity contribution in [2.75, 3.05) is 49.4 Å². The fourth-order valence-corrected chi connectivity index (χ4v) is 13.7. The Morgan fingerprint density at radius 1 is 0.441 bits per heavy atom. The maximum Gasteiger partial charge on any atom is 0.0864 e. The van der Waals surface area contributed by atoms with Crippen LogP contribution in [-0.4, -0.2) is 115 Å². The molecule has 2 aliphatic heterocycles. The van der Waals surface area contributed by atoms with Crippen molar-refractivity contribution in [3.05, 3.63) is 25.4 Å². The van der Waals surface area contributed by atoms with Gasteiger partial charge >= 0.3 is 0 Å². The molecule has 0 aromatic heterocycles. The van der Waals surface area contributed by atoms with Gasteiger partial charge in [0.15, 0.2) is 0 Å². The zero-order chi connectivity index (χ0) is 25.1. The smallest absolute Gasteiger partial charge is 0.0864 e. The van der Waals surface area contributed by atoms with E-state index >= 15 is 0 Å². The second kappa shape index (κ2) is 17.3. The molecule has 2 aliphatic rings. The molecule has 16 heteroatoms. The summed E-state index contributed by atoms with van der Waals surface area (Å²) in [5, 5.41) is 75.6. The van der Waals surface area contributed by atoms with Crippen LogP contribution in [0.3, 0.4) is 0 Å². The SMILES string of the molecule is OC[C@@H](O)CSC1=C(SC[C@H](O)CO)SC(=C2SC(SC[C@H](O)CO)=C(SC[C@H](O)CO)S2)S1. The monoisotopic (exact) mass is 628 g/mol. The van der Waals surface area contributed by atoms with Crippen molar-refractivity contribution in [1.29, 1.82) is 0 Å². The van der Waals surface area contributed by atoms with Crippen molar-refractivity contribution >= 4 is 94.1 Å². The summed E-state index contributed by atoms with van der Waals surface area (Å²) in [4.78, 5) is 0. The van der Waals surface area contributed by atoms with Crippen molar-refractivity contribution in [2.45, 2.75) is 24.4 Å². The fourth-order valence-electron chi connectivity index (χ4n) is 1.96. The van der Waals surface area contributed by atoms with Crippen LogP contribution in [0.15, 0.2) is 25.4 Å². The largest absolute Gasteiger partial charge is 0.394 e. The van der Waals surface area contributed by atoms with Crippen LogP contribution < -0.4 is 0 Å². The van der Waals surface area contributed by atoms with E-state index in [-0.39, 0.29) is 26.4 Å². The van der Waals surface area contributed by atoms with Gasteiger partial charge in [-0.25, -0.2) is 0 Å². The third kappa shape index (κ3) is 10.8. The van der Waals surface area contributed by atoms with E-state index in [1.165, 1.54) is 47.0 Å². The van der Waals surface area contributed by atoms with Crippen LogP contribution in [-0.2, 0) is 0 Å². The van der Waals surface area contributed by atoms with Gasteiger partial charge in [0.25, 0.3) is 0 Å². The molecule has 0 spiro atoms. The molecule has 34 heavy (non-hydrogen) atoms. The molecule has 0 aliphatic carbocycles. The molecule has 0 amide bonds. The van der Waals surface area contributed by atoms with Gasteiger partial charge in [-0.2, -0.15) is 0 Å². The highest BCUT2D eigenvalue weighted by Crippen LogP contribution is 2.66. The Labute approximate surface area is 232 Å². The molecular weight excluding hydrogens is 601 g/mol. The van der Waals surface area contributed by atoms with Gasteiger partial charge < -0.3 is 40.9 Å². The molecule has 8 N–H and O–H groups in total. The predicted molar refractivity (Wildman–Crippen MR) is 154 cm³/mol. The van der Waals surface area contributed by atoms with Crippen molar-refractivity contribution in [2.24, 2.45) is 0 Å². The molecule has 0 unspecified atom stereocenters. The van der Waals surface area contributed by atoms with E-state index in [1.807, 2.05) is 0 Å². The second-order valence-corrected chi connectivity index (χ2v) is 16.5. The number of hydrogen-bond donors (Lipinski definition) is 8. The number of aliphatic hydroxyl groups is 8. The molecule has 2 rings (SSSR count). The normalized spacial score (nSPS) is 20.5. The minimum atomic E-state index is -0.840. The Hall–Kier alpha value is 1.70. The van der Waals surface area contributed by atoms with Crippen LogP contribution in [0.1, 0.15) is 0 Å². The predicted octanol–water partition coefficient (Wildman–Crippen LogP) is 1.67. The molecule has 0 saturated carbocycles. The first-order valence-corrected chi connectivity index (χ1v) is 17.1. The van der Waals surface area contributed by atoms with E-state index < -0.39 is 24.4 Å². The van der Waals surface area contributed by atoms with Gasteiger partial charge in [-0.1, -0.05) is 47.0 Å². The average molecular weight is 629 g/mol. The van der Waals surface area contributed by atoms with Gasteiger partial charge in [0.05, 0.1) is 76.3 Å². The van der Waals surface area contributed by atoms with E-state index in [1.54, 1.807) is 47.0 Å². The molecule has 4 atom stereocenters. The van der Waals surface area contributed by atoms with E-state index in [0.29, 0.717) is 23.0 Å². The van der Waals surface area contributed by atoms with Gasteiger partial charge in [-0.05, 0) is 0 Å². The first-order chi connectivity index (χ1) is 16.3. The van der Waals surface area contributed by atoms with Gasteiger partial charge in [0.1, 0.15) is 0 Å². The van der Waals surface area contributed by atoms with E-state index in [9.17, 15) is 20.4 Å². The highest BCUT2D eigenvalue weighted by molar-refractivity contribution is 8.45. The Bertz CT molecular complexity index is 633. The summed E-state index contributed by atoms with van der Waals surface area (Å²) in [5.41, 5.74) is 0. The number of hydrogen-bond acceptors (Lipinski definition) is 16. The molecule has 0 radical (unpaired) electrons. The molecule has 8 nitrogen and oxygen atoms in total. The van der Waals surface area contributed by atoms with Gasteiger partial charge in [-0.3, -0.25) is 0 Å². The lowest BCUT2D eigenvalue weighted by Gasteiger charge is -2.09. The Kier molecular flexibility index (Phi) is 16.3. The van der Waals surface area contributed by atoms with Crippen LogP contribution in [0, 0.1) is 0 Å². The topological polar surface area (TPSA) is 162 Å². The molecular formula is C18H28O8S8. The standard InChI is InChI=1S/C18H28O8S8/c19-1-9(23)5-27-13-14(28-6-10(24)2-20)32-17(31-13)18-33-15(29-7-11(25)3-21)16(34-18)30-8-12(26)4-22/h9-12,19-26H,1-8H2/t9-,10-,11-,12-/m1/s1. The Balaban J connectivity index is 2.14. The maximum atomic E-state index is 9.76. The minimum Gasteiger partial charge on any atom is -0.394 e. The average Bonchev–Trinajstić information content (AvgIpc) is 3.46.